The van der Waals surface area contributed by atoms with E-state index in [0.717, 1.165) is 5.56 Å². The SMILES string of the molecule is CC(=O)CC(=O)N(CCO)Cc1ccccc1. The quantitative estimate of drug-likeness (QED) is 0.748. The number of benzene rings is 1. The smallest absolute Gasteiger partial charge is 0.230 e. The van der Waals surface area contributed by atoms with Crippen molar-refractivity contribution in [3.63, 3.8) is 0 Å². The van der Waals surface area contributed by atoms with Gasteiger partial charge in [-0.25, -0.2) is 0 Å². The third kappa shape index (κ3) is 4.78. The molecule has 0 atom stereocenters. The zero-order valence-electron chi connectivity index (χ0n) is 9.93. The first-order valence-electron chi connectivity index (χ1n) is 5.55. The summed E-state index contributed by atoms with van der Waals surface area (Å²) in [4.78, 5) is 24.1. The Bertz CT molecular complexity index is 376. The van der Waals surface area contributed by atoms with Crippen LogP contribution in [0.4, 0.5) is 0 Å². The maximum Gasteiger partial charge on any atom is 0.230 e. The first-order chi connectivity index (χ1) is 8.13. The van der Waals surface area contributed by atoms with Crippen molar-refractivity contribution in [1.29, 1.82) is 0 Å². The molecule has 1 rings (SSSR count). The van der Waals surface area contributed by atoms with Crippen LogP contribution in [0.15, 0.2) is 30.3 Å². The van der Waals surface area contributed by atoms with Gasteiger partial charge in [-0.1, -0.05) is 30.3 Å². The fourth-order valence-electron chi connectivity index (χ4n) is 1.54. The molecule has 0 aliphatic carbocycles. The Labute approximate surface area is 101 Å². The van der Waals surface area contributed by atoms with Gasteiger partial charge >= 0.3 is 0 Å². The number of aliphatic hydroxyl groups excluding tert-OH is 1. The van der Waals surface area contributed by atoms with Gasteiger partial charge in [-0.15, -0.1) is 0 Å². The molecule has 17 heavy (non-hydrogen) atoms. The monoisotopic (exact) mass is 235 g/mol. The molecule has 0 saturated heterocycles. The van der Waals surface area contributed by atoms with E-state index in [0.29, 0.717) is 6.54 Å². The van der Waals surface area contributed by atoms with Crippen molar-refractivity contribution < 1.29 is 14.7 Å². The fourth-order valence-corrected chi connectivity index (χ4v) is 1.54. The Morgan fingerprint density at radius 1 is 1.24 bits per heavy atom. The fraction of sp³-hybridized carbons (Fsp3) is 0.385. The largest absolute Gasteiger partial charge is 0.395 e. The summed E-state index contributed by atoms with van der Waals surface area (Å²) in [5.41, 5.74) is 0.984. The van der Waals surface area contributed by atoms with Crippen molar-refractivity contribution in [3.8, 4) is 0 Å². The van der Waals surface area contributed by atoms with Crippen LogP contribution in [0.25, 0.3) is 0 Å². The Morgan fingerprint density at radius 2 is 1.88 bits per heavy atom. The van der Waals surface area contributed by atoms with Crippen LogP contribution < -0.4 is 0 Å². The maximum atomic E-state index is 11.7. The van der Waals surface area contributed by atoms with E-state index in [1.807, 2.05) is 30.3 Å². The molecule has 1 aromatic rings. The maximum absolute atomic E-state index is 11.7. The van der Waals surface area contributed by atoms with Crippen LogP contribution in [0, 0.1) is 0 Å². The van der Waals surface area contributed by atoms with E-state index < -0.39 is 0 Å². The summed E-state index contributed by atoms with van der Waals surface area (Å²) in [6, 6.07) is 9.50. The number of rotatable bonds is 6. The number of Topliss-reactive ketones (excluding diaryl/α,β-unsaturated/α-hetero) is 1. The Kier molecular flexibility index (Phi) is 5.36. The second kappa shape index (κ2) is 6.81. The van der Waals surface area contributed by atoms with E-state index in [1.165, 1.54) is 11.8 Å². The van der Waals surface area contributed by atoms with E-state index in [2.05, 4.69) is 0 Å². The molecule has 92 valence electrons. The number of nitrogens with zero attached hydrogens (tertiary/aromatic N) is 1. The average molecular weight is 235 g/mol. The molecule has 0 spiro atoms. The summed E-state index contributed by atoms with van der Waals surface area (Å²) < 4.78 is 0. The van der Waals surface area contributed by atoms with Crippen molar-refractivity contribution in [2.45, 2.75) is 19.9 Å². The number of ketones is 1. The van der Waals surface area contributed by atoms with Crippen molar-refractivity contribution >= 4 is 11.7 Å². The van der Waals surface area contributed by atoms with Crippen LogP contribution in [-0.2, 0) is 16.1 Å². The summed E-state index contributed by atoms with van der Waals surface area (Å²) in [5.74, 6) is -0.401. The minimum atomic E-state index is -0.240. The van der Waals surface area contributed by atoms with Crippen molar-refractivity contribution in [2.75, 3.05) is 13.2 Å². The topological polar surface area (TPSA) is 57.6 Å². The highest BCUT2D eigenvalue weighted by Gasteiger charge is 2.14. The molecule has 4 nitrogen and oxygen atoms in total. The Morgan fingerprint density at radius 3 is 2.41 bits per heavy atom. The third-order valence-corrected chi connectivity index (χ3v) is 2.34. The van der Waals surface area contributed by atoms with E-state index in [-0.39, 0.29) is 31.3 Å². The van der Waals surface area contributed by atoms with E-state index in [4.69, 9.17) is 5.11 Å². The lowest BCUT2D eigenvalue weighted by atomic mass is 10.2. The summed E-state index contributed by atoms with van der Waals surface area (Å²) in [6.07, 6.45) is -0.104. The number of carbonyl (C=O) groups is 2. The van der Waals surface area contributed by atoms with Gasteiger partial charge in [-0.3, -0.25) is 9.59 Å². The Balaban J connectivity index is 2.66. The molecule has 1 amide bonds. The second-order valence-corrected chi connectivity index (χ2v) is 3.90. The molecular formula is C13H17NO3. The molecule has 0 radical (unpaired) electrons. The van der Waals surface area contributed by atoms with Gasteiger partial charge in [0.2, 0.25) is 5.91 Å². The summed E-state index contributed by atoms with van der Waals surface area (Å²) in [7, 11) is 0. The van der Waals surface area contributed by atoms with Gasteiger partial charge in [0.1, 0.15) is 5.78 Å². The standard InChI is InChI=1S/C13H17NO3/c1-11(16)9-13(17)14(7-8-15)10-12-5-3-2-4-6-12/h2-6,15H,7-10H2,1H3. The number of hydrogen-bond acceptors (Lipinski definition) is 3. The van der Waals surface area contributed by atoms with Crippen LogP contribution in [0.2, 0.25) is 0 Å². The van der Waals surface area contributed by atoms with Gasteiger partial charge in [0.25, 0.3) is 0 Å². The zero-order valence-corrected chi connectivity index (χ0v) is 9.93. The highest BCUT2D eigenvalue weighted by molar-refractivity contribution is 5.96. The molecule has 0 aromatic heterocycles. The highest BCUT2D eigenvalue weighted by atomic mass is 16.3. The van der Waals surface area contributed by atoms with Gasteiger partial charge < -0.3 is 10.0 Å². The van der Waals surface area contributed by atoms with Gasteiger partial charge in [-0.2, -0.15) is 0 Å². The molecular weight excluding hydrogens is 218 g/mol. The molecule has 0 unspecified atom stereocenters. The molecule has 0 heterocycles. The third-order valence-electron chi connectivity index (χ3n) is 2.34. The molecule has 4 heteroatoms. The van der Waals surface area contributed by atoms with E-state index >= 15 is 0 Å². The lowest BCUT2D eigenvalue weighted by molar-refractivity contribution is -0.135. The van der Waals surface area contributed by atoms with Crippen LogP contribution in [-0.4, -0.2) is 34.8 Å². The molecule has 0 saturated carbocycles. The van der Waals surface area contributed by atoms with Crippen LogP contribution in [0.1, 0.15) is 18.9 Å². The van der Waals surface area contributed by atoms with E-state index in [1.54, 1.807) is 0 Å². The van der Waals surface area contributed by atoms with Gasteiger partial charge in [0.05, 0.1) is 13.0 Å². The first-order valence-corrected chi connectivity index (χ1v) is 5.55. The number of amides is 1. The number of aliphatic hydroxyl groups is 1. The minimum Gasteiger partial charge on any atom is -0.395 e. The predicted octanol–water partition coefficient (Wildman–Crippen LogP) is 0.987. The van der Waals surface area contributed by atoms with E-state index in [9.17, 15) is 9.59 Å². The number of carbonyl (C=O) groups excluding carboxylic acids is 2. The lowest BCUT2D eigenvalue weighted by Gasteiger charge is -2.21. The van der Waals surface area contributed by atoms with Gasteiger partial charge in [-0.05, 0) is 12.5 Å². The van der Waals surface area contributed by atoms with Crippen LogP contribution in [0.3, 0.4) is 0 Å². The average Bonchev–Trinajstić information content (AvgIpc) is 2.29. The molecule has 1 N–H and O–H groups in total. The molecule has 1 aromatic carbocycles. The van der Waals surface area contributed by atoms with Gasteiger partial charge in [0.15, 0.2) is 0 Å². The molecule has 0 bridgehead atoms. The van der Waals surface area contributed by atoms with Crippen LogP contribution >= 0.6 is 0 Å². The van der Waals surface area contributed by atoms with Crippen LogP contribution in [0.5, 0.6) is 0 Å². The van der Waals surface area contributed by atoms with Gasteiger partial charge in [0, 0.05) is 13.1 Å². The normalized spacial score (nSPS) is 10.0. The first kappa shape index (κ1) is 13.4. The molecule has 0 fully saturated rings. The van der Waals surface area contributed by atoms with Crippen molar-refractivity contribution in [1.82, 2.24) is 4.90 Å². The predicted molar refractivity (Wildman–Crippen MR) is 64.2 cm³/mol. The zero-order chi connectivity index (χ0) is 12.7. The summed E-state index contributed by atoms with van der Waals surface area (Å²) in [5, 5.41) is 8.92. The Hall–Kier alpha value is -1.68. The highest BCUT2D eigenvalue weighted by Crippen LogP contribution is 2.06. The number of hydrogen-bond donors (Lipinski definition) is 1. The van der Waals surface area contributed by atoms with Crippen molar-refractivity contribution in [3.05, 3.63) is 35.9 Å². The minimum absolute atomic E-state index is 0.101. The van der Waals surface area contributed by atoms with Crippen molar-refractivity contribution in [2.24, 2.45) is 0 Å². The molecule has 0 aliphatic rings. The summed E-state index contributed by atoms with van der Waals surface area (Å²) >= 11 is 0. The molecule has 0 aliphatic heterocycles. The summed E-state index contributed by atoms with van der Waals surface area (Å²) in [6.45, 7) is 1.96. The lowest BCUT2D eigenvalue weighted by Crippen LogP contribution is -2.34. The second-order valence-electron chi connectivity index (χ2n) is 3.90.